The van der Waals surface area contributed by atoms with Crippen molar-refractivity contribution in [3.8, 4) is 6.07 Å². The first-order valence-corrected chi connectivity index (χ1v) is 7.17. The van der Waals surface area contributed by atoms with Crippen molar-refractivity contribution < 1.29 is 4.74 Å². The molecule has 2 unspecified atom stereocenters. The Morgan fingerprint density at radius 3 is 3.06 bits per heavy atom. The number of fused-ring (bicyclic) bond motifs is 1. The van der Waals surface area contributed by atoms with E-state index in [4.69, 9.17) is 10.00 Å². The van der Waals surface area contributed by atoms with Gasteiger partial charge < -0.3 is 9.64 Å². The summed E-state index contributed by atoms with van der Waals surface area (Å²) in [6.07, 6.45) is 4.04. The lowest BCUT2D eigenvalue weighted by Crippen LogP contribution is -2.48. The first-order valence-electron chi connectivity index (χ1n) is 6.37. The Hall–Kier alpha value is -1.05. The second kappa shape index (κ2) is 4.91. The van der Waals surface area contributed by atoms with Crippen LogP contribution in [0.3, 0.4) is 0 Å². The Kier molecular flexibility index (Phi) is 3.27. The van der Waals surface area contributed by atoms with E-state index in [2.05, 4.69) is 33.0 Å². The molecule has 2 atom stereocenters. The van der Waals surface area contributed by atoms with Crippen LogP contribution >= 0.6 is 15.9 Å². The van der Waals surface area contributed by atoms with Gasteiger partial charge in [-0.25, -0.2) is 0 Å². The monoisotopic (exact) mass is 306 g/mol. The van der Waals surface area contributed by atoms with Crippen LogP contribution in [0.1, 0.15) is 24.8 Å². The number of rotatable bonds is 1. The summed E-state index contributed by atoms with van der Waals surface area (Å²) in [7, 11) is 0. The highest BCUT2D eigenvalue weighted by Gasteiger charge is 2.36. The molecule has 1 aliphatic carbocycles. The molecule has 0 bridgehead atoms. The zero-order valence-electron chi connectivity index (χ0n) is 10.1. The van der Waals surface area contributed by atoms with Gasteiger partial charge in [-0.2, -0.15) is 5.26 Å². The Bertz CT molecular complexity index is 497. The summed E-state index contributed by atoms with van der Waals surface area (Å²) in [5, 5.41) is 8.96. The number of nitrogens with zero attached hydrogens (tertiary/aromatic N) is 2. The molecule has 0 N–H and O–H groups in total. The molecule has 2 fully saturated rings. The van der Waals surface area contributed by atoms with Crippen LogP contribution in [0.15, 0.2) is 22.7 Å². The standard InChI is InChI=1S/C14H15BrN2O/c15-12-8-11(5-4-10(12)9-16)17-6-7-18-14-3-1-2-13(14)17/h4-5,8,13-14H,1-3,6-7H2. The van der Waals surface area contributed by atoms with Crippen LogP contribution in [-0.4, -0.2) is 25.3 Å². The van der Waals surface area contributed by atoms with Gasteiger partial charge in [0.15, 0.2) is 0 Å². The molecule has 0 radical (unpaired) electrons. The fraction of sp³-hybridized carbons (Fsp3) is 0.500. The van der Waals surface area contributed by atoms with Crippen LogP contribution in [0, 0.1) is 11.3 Å². The van der Waals surface area contributed by atoms with Crippen molar-refractivity contribution in [1.82, 2.24) is 0 Å². The summed E-state index contributed by atoms with van der Waals surface area (Å²) in [5.41, 5.74) is 1.89. The summed E-state index contributed by atoms with van der Waals surface area (Å²) in [6, 6.07) is 8.68. The number of morpholine rings is 1. The molecule has 1 aliphatic heterocycles. The van der Waals surface area contributed by atoms with Crippen LogP contribution < -0.4 is 4.90 Å². The zero-order chi connectivity index (χ0) is 12.5. The fourth-order valence-corrected chi connectivity index (χ4v) is 3.47. The molecule has 3 rings (SSSR count). The number of hydrogen-bond donors (Lipinski definition) is 0. The average Bonchev–Trinajstić information content (AvgIpc) is 2.86. The normalized spacial score (nSPS) is 26.8. The maximum atomic E-state index is 8.96. The minimum absolute atomic E-state index is 0.396. The number of hydrogen-bond acceptors (Lipinski definition) is 3. The van der Waals surface area contributed by atoms with Gasteiger partial charge >= 0.3 is 0 Å². The number of benzene rings is 1. The molecule has 2 aliphatic rings. The Morgan fingerprint density at radius 2 is 2.28 bits per heavy atom. The number of halogens is 1. The maximum Gasteiger partial charge on any atom is 0.100 e. The van der Waals surface area contributed by atoms with Gasteiger partial charge in [-0.3, -0.25) is 0 Å². The molecule has 3 nitrogen and oxygen atoms in total. The third-order valence-electron chi connectivity index (χ3n) is 3.89. The number of anilines is 1. The molecule has 1 heterocycles. The van der Waals surface area contributed by atoms with E-state index in [9.17, 15) is 0 Å². The van der Waals surface area contributed by atoms with Crippen molar-refractivity contribution in [3.63, 3.8) is 0 Å². The minimum atomic E-state index is 0.396. The summed E-state index contributed by atoms with van der Waals surface area (Å²) in [6.45, 7) is 1.75. The molecule has 0 amide bonds. The molecule has 1 saturated carbocycles. The van der Waals surface area contributed by atoms with Crippen molar-refractivity contribution in [2.75, 3.05) is 18.1 Å². The second-order valence-electron chi connectivity index (χ2n) is 4.88. The minimum Gasteiger partial charge on any atom is -0.374 e. The van der Waals surface area contributed by atoms with E-state index in [0.717, 1.165) is 17.6 Å². The Balaban J connectivity index is 1.90. The summed E-state index contributed by atoms with van der Waals surface area (Å²) in [4.78, 5) is 2.44. The number of ether oxygens (including phenoxy) is 1. The van der Waals surface area contributed by atoms with Gasteiger partial charge in [-0.05, 0) is 53.4 Å². The van der Waals surface area contributed by atoms with Crippen LogP contribution in [0.2, 0.25) is 0 Å². The smallest absolute Gasteiger partial charge is 0.100 e. The first kappa shape index (κ1) is 12.0. The van der Waals surface area contributed by atoms with Crippen LogP contribution in [0.25, 0.3) is 0 Å². The largest absolute Gasteiger partial charge is 0.374 e. The molecule has 94 valence electrons. The molecule has 4 heteroatoms. The molecule has 0 spiro atoms. The Labute approximate surface area is 115 Å². The van der Waals surface area contributed by atoms with E-state index >= 15 is 0 Å². The van der Waals surface area contributed by atoms with Gasteiger partial charge in [0.1, 0.15) is 6.07 Å². The predicted molar refractivity (Wildman–Crippen MR) is 73.6 cm³/mol. The zero-order valence-corrected chi connectivity index (χ0v) is 11.7. The van der Waals surface area contributed by atoms with Gasteiger partial charge in [-0.15, -0.1) is 0 Å². The molecule has 0 aromatic heterocycles. The van der Waals surface area contributed by atoms with Crippen LogP contribution in [-0.2, 0) is 4.74 Å². The van der Waals surface area contributed by atoms with Crippen LogP contribution in [0.5, 0.6) is 0 Å². The lowest BCUT2D eigenvalue weighted by molar-refractivity contribution is 0.0256. The van der Waals surface area contributed by atoms with Gasteiger partial charge in [0, 0.05) is 16.7 Å². The maximum absolute atomic E-state index is 8.96. The van der Waals surface area contributed by atoms with E-state index in [1.54, 1.807) is 0 Å². The lowest BCUT2D eigenvalue weighted by atomic mass is 10.1. The summed E-state index contributed by atoms with van der Waals surface area (Å²) < 4.78 is 6.70. The van der Waals surface area contributed by atoms with Gasteiger partial charge in [-0.1, -0.05) is 0 Å². The van der Waals surface area contributed by atoms with Crippen molar-refractivity contribution in [1.29, 1.82) is 5.26 Å². The topological polar surface area (TPSA) is 36.3 Å². The highest BCUT2D eigenvalue weighted by Crippen LogP contribution is 2.34. The summed E-state index contributed by atoms with van der Waals surface area (Å²) in [5.74, 6) is 0. The third kappa shape index (κ3) is 2.02. The average molecular weight is 307 g/mol. The van der Waals surface area contributed by atoms with Crippen molar-refractivity contribution in [2.45, 2.75) is 31.4 Å². The summed E-state index contributed by atoms with van der Waals surface area (Å²) >= 11 is 3.47. The molecule has 1 aromatic carbocycles. The SMILES string of the molecule is N#Cc1ccc(N2CCOC3CCCC32)cc1Br. The molecule has 18 heavy (non-hydrogen) atoms. The van der Waals surface area contributed by atoms with Crippen molar-refractivity contribution >= 4 is 21.6 Å². The highest BCUT2D eigenvalue weighted by molar-refractivity contribution is 9.10. The number of nitriles is 1. The molecular weight excluding hydrogens is 292 g/mol. The van der Waals surface area contributed by atoms with Gasteiger partial charge in [0.25, 0.3) is 0 Å². The lowest BCUT2D eigenvalue weighted by Gasteiger charge is -2.39. The van der Waals surface area contributed by atoms with Gasteiger partial charge in [0.05, 0.1) is 24.3 Å². The molecule has 1 saturated heterocycles. The second-order valence-corrected chi connectivity index (χ2v) is 5.73. The first-order chi connectivity index (χ1) is 8.79. The van der Waals surface area contributed by atoms with E-state index in [-0.39, 0.29) is 0 Å². The van der Waals surface area contributed by atoms with Crippen molar-refractivity contribution in [2.24, 2.45) is 0 Å². The predicted octanol–water partition coefficient (Wildman–Crippen LogP) is 3.08. The quantitative estimate of drug-likeness (QED) is 0.800. The highest BCUT2D eigenvalue weighted by atomic mass is 79.9. The third-order valence-corrected chi connectivity index (χ3v) is 4.54. The van der Waals surface area contributed by atoms with Crippen molar-refractivity contribution in [3.05, 3.63) is 28.2 Å². The fourth-order valence-electron chi connectivity index (χ4n) is 3.02. The Morgan fingerprint density at radius 1 is 1.39 bits per heavy atom. The van der Waals surface area contributed by atoms with Crippen LogP contribution in [0.4, 0.5) is 5.69 Å². The van der Waals surface area contributed by atoms with E-state index in [1.807, 2.05) is 12.1 Å². The molecule has 1 aromatic rings. The van der Waals surface area contributed by atoms with Gasteiger partial charge in [0.2, 0.25) is 0 Å². The van der Waals surface area contributed by atoms with E-state index in [0.29, 0.717) is 17.7 Å². The van der Waals surface area contributed by atoms with E-state index < -0.39 is 0 Å². The molecular formula is C14H15BrN2O. The van der Waals surface area contributed by atoms with E-state index in [1.165, 1.54) is 24.9 Å².